The van der Waals surface area contributed by atoms with E-state index in [1.807, 2.05) is 61.5 Å². The summed E-state index contributed by atoms with van der Waals surface area (Å²) in [5.74, 6) is 0.349. The minimum atomic E-state index is -0.335. The van der Waals surface area contributed by atoms with E-state index in [1.165, 1.54) is 0 Å². The van der Waals surface area contributed by atoms with Crippen LogP contribution in [0.1, 0.15) is 28.5 Å². The van der Waals surface area contributed by atoms with Gasteiger partial charge in [-0.1, -0.05) is 30.3 Å². The molecule has 0 aliphatic rings. The number of fused-ring (bicyclic) bond motifs is 2. The summed E-state index contributed by atoms with van der Waals surface area (Å²) in [6, 6.07) is 18.3. The van der Waals surface area contributed by atoms with E-state index in [4.69, 9.17) is 0 Å². The standard InChI is InChI=1S/C26H22N6O3/c1-2-27-26(35)30-25-28-21-8-7-17(13-23(21)29-25)18-10-15(9-16(11-18)14-33)12-22-19-5-3-4-6-20(19)24(34)32-31-22/h3-11,13-14H,2,12H2,1H3,(H,32,34)(H3,27,28,29,30,35). The highest BCUT2D eigenvalue weighted by Gasteiger charge is 2.11. The monoisotopic (exact) mass is 466 g/mol. The first-order valence-corrected chi connectivity index (χ1v) is 11.1. The maximum absolute atomic E-state index is 12.1. The second-order valence-electron chi connectivity index (χ2n) is 8.10. The predicted molar refractivity (Wildman–Crippen MR) is 135 cm³/mol. The number of anilines is 1. The molecule has 3 aromatic carbocycles. The molecule has 174 valence electrons. The first kappa shape index (κ1) is 22.0. The molecule has 9 heteroatoms. The summed E-state index contributed by atoms with van der Waals surface area (Å²) >= 11 is 0. The first-order chi connectivity index (χ1) is 17.0. The number of carbonyl (C=O) groups excluding carboxylic acids is 2. The van der Waals surface area contributed by atoms with Crippen LogP contribution < -0.4 is 16.2 Å². The van der Waals surface area contributed by atoms with Crippen molar-refractivity contribution in [1.29, 1.82) is 0 Å². The highest BCUT2D eigenvalue weighted by atomic mass is 16.2. The summed E-state index contributed by atoms with van der Waals surface area (Å²) in [6.07, 6.45) is 1.25. The molecular weight excluding hydrogens is 444 g/mol. The van der Waals surface area contributed by atoms with Crippen molar-refractivity contribution >= 4 is 40.1 Å². The Balaban J connectivity index is 1.50. The fourth-order valence-electron chi connectivity index (χ4n) is 4.11. The number of benzene rings is 3. The fraction of sp³-hybridized carbons (Fsp3) is 0.115. The molecule has 0 aliphatic carbocycles. The second-order valence-corrected chi connectivity index (χ2v) is 8.10. The highest BCUT2D eigenvalue weighted by Crippen LogP contribution is 2.27. The minimum Gasteiger partial charge on any atom is -0.338 e. The van der Waals surface area contributed by atoms with Gasteiger partial charge in [0, 0.05) is 23.9 Å². The number of aldehydes is 1. The molecule has 2 aromatic heterocycles. The molecule has 0 saturated carbocycles. The minimum absolute atomic E-state index is 0.236. The van der Waals surface area contributed by atoms with E-state index in [0.29, 0.717) is 35.4 Å². The number of hydrogen-bond acceptors (Lipinski definition) is 5. The molecule has 2 heterocycles. The molecule has 4 N–H and O–H groups in total. The number of rotatable bonds is 6. The van der Waals surface area contributed by atoms with E-state index in [1.54, 1.807) is 6.07 Å². The van der Waals surface area contributed by atoms with Crippen molar-refractivity contribution in [1.82, 2.24) is 25.5 Å². The largest absolute Gasteiger partial charge is 0.338 e. The smallest absolute Gasteiger partial charge is 0.321 e. The lowest BCUT2D eigenvalue weighted by atomic mass is 9.96. The van der Waals surface area contributed by atoms with Crippen LogP contribution in [0.5, 0.6) is 0 Å². The van der Waals surface area contributed by atoms with E-state index in [9.17, 15) is 14.4 Å². The van der Waals surface area contributed by atoms with Crippen molar-refractivity contribution in [3.8, 4) is 11.1 Å². The Labute approximate surface area is 199 Å². The average molecular weight is 467 g/mol. The van der Waals surface area contributed by atoms with Crippen LogP contribution >= 0.6 is 0 Å². The number of nitrogens with zero attached hydrogens (tertiary/aromatic N) is 2. The molecule has 0 aliphatic heterocycles. The molecule has 0 unspecified atom stereocenters. The Morgan fingerprint density at radius 2 is 1.86 bits per heavy atom. The number of urea groups is 1. The SMILES string of the molecule is CCNC(=O)Nc1nc2cc(-c3cc(C=O)cc(Cc4n[nH]c(=O)c5ccccc45)c3)ccc2[nH]1. The van der Waals surface area contributed by atoms with Crippen LogP contribution in [0.4, 0.5) is 10.7 Å². The van der Waals surface area contributed by atoms with Gasteiger partial charge in [0.25, 0.3) is 5.56 Å². The number of H-pyrrole nitrogens is 2. The zero-order valence-electron chi connectivity index (χ0n) is 18.9. The molecule has 0 saturated heterocycles. The summed E-state index contributed by atoms with van der Waals surface area (Å²) in [5, 5.41) is 13.5. The number of imidazole rings is 1. The number of aromatic nitrogens is 4. The molecule has 2 amide bonds. The predicted octanol–water partition coefficient (Wildman–Crippen LogP) is 4.01. The number of nitrogens with one attached hydrogen (secondary N) is 4. The molecule has 0 radical (unpaired) electrons. The third kappa shape index (κ3) is 4.51. The third-order valence-electron chi connectivity index (χ3n) is 5.68. The van der Waals surface area contributed by atoms with Crippen molar-refractivity contribution in [2.75, 3.05) is 11.9 Å². The third-order valence-corrected chi connectivity index (χ3v) is 5.68. The number of hydrogen-bond donors (Lipinski definition) is 4. The normalized spacial score (nSPS) is 11.0. The molecule has 35 heavy (non-hydrogen) atoms. The summed E-state index contributed by atoms with van der Waals surface area (Å²) in [6.45, 7) is 2.35. The summed E-state index contributed by atoms with van der Waals surface area (Å²) < 4.78 is 0. The molecular formula is C26H22N6O3. The summed E-state index contributed by atoms with van der Waals surface area (Å²) in [4.78, 5) is 43.1. The van der Waals surface area contributed by atoms with E-state index >= 15 is 0 Å². The van der Waals surface area contributed by atoms with Gasteiger partial charge in [-0.15, -0.1) is 0 Å². The van der Waals surface area contributed by atoms with Crippen LogP contribution in [0.3, 0.4) is 0 Å². The van der Waals surface area contributed by atoms with Crippen LogP contribution in [-0.4, -0.2) is 39.0 Å². The van der Waals surface area contributed by atoms with Gasteiger partial charge in [-0.3, -0.25) is 14.9 Å². The van der Waals surface area contributed by atoms with Crippen molar-refractivity contribution in [2.24, 2.45) is 0 Å². The quantitative estimate of drug-likeness (QED) is 0.281. The van der Waals surface area contributed by atoms with E-state index in [-0.39, 0.29) is 11.6 Å². The molecule has 5 rings (SSSR count). The Morgan fingerprint density at radius 3 is 2.66 bits per heavy atom. The van der Waals surface area contributed by atoms with Crippen LogP contribution in [-0.2, 0) is 6.42 Å². The molecule has 0 atom stereocenters. The van der Waals surface area contributed by atoms with E-state index in [0.717, 1.165) is 39.6 Å². The van der Waals surface area contributed by atoms with Crippen molar-refractivity contribution < 1.29 is 9.59 Å². The molecule has 0 spiro atoms. The van der Waals surface area contributed by atoms with E-state index in [2.05, 4.69) is 30.8 Å². The lowest BCUT2D eigenvalue weighted by Crippen LogP contribution is -2.28. The molecule has 0 fully saturated rings. The second kappa shape index (κ2) is 9.22. The summed E-state index contributed by atoms with van der Waals surface area (Å²) in [7, 11) is 0. The van der Waals surface area contributed by atoms with Gasteiger partial charge in [-0.05, 0) is 53.9 Å². The Kier molecular flexibility index (Phi) is 5.80. The maximum Gasteiger partial charge on any atom is 0.321 e. The van der Waals surface area contributed by atoms with Crippen LogP contribution in [0.2, 0.25) is 0 Å². The van der Waals surface area contributed by atoms with Crippen molar-refractivity contribution in [3.05, 3.63) is 87.8 Å². The summed E-state index contributed by atoms with van der Waals surface area (Å²) in [5.41, 5.74) is 5.08. The lowest BCUT2D eigenvalue weighted by Gasteiger charge is -2.09. The Hall–Kier alpha value is -4.79. The number of aromatic amines is 2. The fourth-order valence-corrected chi connectivity index (χ4v) is 4.11. The maximum atomic E-state index is 12.1. The van der Waals surface area contributed by atoms with Gasteiger partial charge in [0.1, 0.15) is 6.29 Å². The highest BCUT2D eigenvalue weighted by molar-refractivity contribution is 5.91. The van der Waals surface area contributed by atoms with Gasteiger partial charge in [-0.2, -0.15) is 5.10 Å². The van der Waals surface area contributed by atoms with Crippen molar-refractivity contribution in [2.45, 2.75) is 13.3 Å². The number of amides is 2. The molecule has 0 bridgehead atoms. The first-order valence-electron chi connectivity index (χ1n) is 11.1. The van der Waals surface area contributed by atoms with Crippen molar-refractivity contribution in [3.63, 3.8) is 0 Å². The molecule has 9 nitrogen and oxygen atoms in total. The molecule has 5 aromatic rings. The average Bonchev–Trinajstić information content (AvgIpc) is 3.27. The zero-order chi connectivity index (χ0) is 24.4. The van der Waals surface area contributed by atoms with Gasteiger partial charge in [-0.25, -0.2) is 14.9 Å². The zero-order valence-corrected chi connectivity index (χ0v) is 18.9. The van der Waals surface area contributed by atoms with Gasteiger partial charge in [0.05, 0.1) is 22.1 Å². The van der Waals surface area contributed by atoms with Gasteiger partial charge < -0.3 is 10.3 Å². The van der Waals surface area contributed by atoms with Crippen LogP contribution in [0, 0.1) is 0 Å². The van der Waals surface area contributed by atoms with E-state index < -0.39 is 0 Å². The van der Waals surface area contributed by atoms with Crippen LogP contribution in [0.15, 0.2) is 65.5 Å². The Bertz CT molecular complexity index is 1640. The topological polar surface area (TPSA) is 133 Å². The van der Waals surface area contributed by atoms with Gasteiger partial charge in [0.2, 0.25) is 5.95 Å². The van der Waals surface area contributed by atoms with Crippen LogP contribution in [0.25, 0.3) is 32.9 Å². The Morgan fingerprint density at radius 1 is 1.03 bits per heavy atom. The number of carbonyl (C=O) groups is 2. The lowest BCUT2D eigenvalue weighted by molar-refractivity contribution is 0.112. The van der Waals surface area contributed by atoms with Gasteiger partial charge in [0.15, 0.2) is 0 Å². The van der Waals surface area contributed by atoms with Gasteiger partial charge >= 0.3 is 6.03 Å².